The molecule has 2 unspecified atom stereocenters. The Kier molecular flexibility index (Phi) is 3.56. The van der Waals surface area contributed by atoms with E-state index in [0.717, 1.165) is 15.0 Å². The van der Waals surface area contributed by atoms with Gasteiger partial charge in [0, 0.05) is 10.6 Å². The highest BCUT2D eigenvalue weighted by Crippen LogP contribution is 2.37. The van der Waals surface area contributed by atoms with Crippen molar-refractivity contribution in [1.29, 1.82) is 0 Å². The van der Waals surface area contributed by atoms with Gasteiger partial charge in [0.1, 0.15) is 6.04 Å². The van der Waals surface area contributed by atoms with Crippen molar-refractivity contribution in [2.24, 2.45) is 0 Å². The highest BCUT2D eigenvalue weighted by molar-refractivity contribution is 7.99. The third kappa shape index (κ3) is 2.47. The fourth-order valence-electron chi connectivity index (χ4n) is 1.38. The molecule has 1 fully saturated rings. The number of methoxy groups -OCH3 is 1. The van der Waals surface area contributed by atoms with Crippen molar-refractivity contribution in [3.8, 4) is 0 Å². The van der Waals surface area contributed by atoms with E-state index in [1.165, 1.54) is 18.4 Å². The topological polar surface area (TPSA) is 38.3 Å². The summed E-state index contributed by atoms with van der Waals surface area (Å²) < 4.78 is 5.46. The smallest absolute Gasteiger partial charge is 0.323 e. The van der Waals surface area contributed by atoms with Crippen LogP contribution < -0.4 is 5.32 Å². The lowest BCUT2D eigenvalue weighted by Crippen LogP contribution is -2.34. The van der Waals surface area contributed by atoms with Crippen molar-refractivity contribution in [2.75, 3.05) is 12.9 Å². The largest absolute Gasteiger partial charge is 0.468 e. The normalized spacial score (nSPS) is 25.5. The van der Waals surface area contributed by atoms with E-state index in [1.807, 2.05) is 12.1 Å². The van der Waals surface area contributed by atoms with E-state index >= 15 is 0 Å². The minimum Gasteiger partial charge on any atom is -0.468 e. The van der Waals surface area contributed by atoms with Crippen LogP contribution in [0.25, 0.3) is 0 Å². The fourth-order valence-corrected chi connectivity index (χ4v) is 3.85. The summed E-state index contributed by atoms with van der Waals surface area (Å²) in [6, 6.07) is 3.65. The van der Waals surface area contributed by atoms with Gasteiger partial charge in [-0.05, 0) is 12.1 Å². The van der Waals surface area contributed by atoms with Crippen LogP contribution in [0.1, 0.15) is 10.3 Å². The molecule has 0 bridgehead atoms. The zero-order valence-corrected chi connectivity index (χ0v) is 10.4. The molecule has 0 spiro atoms. The fraction of sp³-hybridized carbons (Fsp3) is 0.444. The molecule has 2 atom stereocenters. The van der Waals surface area contributed by atoms with E-state index in [9.17, 15) is 4.79 Å². The molecule has 6 heteroatoms. The second-order valence-corrected chi connectivity index (χ2v) is 5.98. The molecule has 1 aliphatic heterocycles. The summed E-state index contributed by atoms with van der Waals surface area (Å²) in [5, 5.41) is 3.37. The van der Waals surface area contributed by atoms with Gasteiger partial charge in [-0.2, -0.15) is 0 Å². The minimum absolute atomic E-state index is 0.159. The van der Waals surface area contributed by atoms with E-state index in [0.29, 0.717) is 0 Å². The molecule has 1 aliphatic rings. The van der Waals surface area contributed by atoms with Crippen molar-refractivity contribution in [2.45, 2.75) is 11.4 Å². The summed E-state index contributed by atoms with van der Waals surface area (Å²) in [6.45, 7) is 0. The second kappa shape index (κ2) is 4.74. The average Bonchev–Trinajstić information content (AvgIpc) is 2.84. The van der Waals surface area contributed by atoms with Crippen LogP contribution in [-0.2, 0) is 9.53 Å². The number of hydrogen-bond donors (Lipinski definition) is 1. The van der Waals surface area contributed by atoms with Crippen LogP contribution in [0.15, 0.2) is 12.1 Å². The predicted molar refractivity (Wildman–Crippen MR) is 63.5 cm³/mol. The summed E-state index contributed by atoms with van der Waals surface area (Å²) in [4.78, 5) is 12.4. The van der Waals surface area contributed by atoms with Crippen molar-refractivity contribution < 1.29 is 9.53 Å². The van der Waals surface area contributed by atoms with Gasteiger partial charge in [0.15, 0.2) is 0 Å². The molecule has 2 heterocycles. The van der Waals surface area contributed by atoms with Crippen molar-refractivity contribution in [3.63, 3.8) is 0 Å². The lowest BCUT2D eigenvalue weighted by Gasteiger charge is -2.09. The number of carbonyl (C=O) groups excluding carboxylic acids is 1. The number of rotatable bonds is 2. The van der Waals surface area contributed by atoms with E-state index in [1.54, 1.807) is 11.8 Å². The van der Waals surface area contributed by atoms with Crippen LogP contribution in [0.5, 0.6) is 0 Å². The van der Waals surface area contributed by atoms with Crippen LogP contribution in [0.2, 0.25) is 4.34 Å². The maximum Gasteiger partial charge on any atom is 0.323 e. The van der Waals surface area contributed by atoms with Gasteiger partial charge < -0.3 is 4.74 Å². The lowest BCUT2D eigenvalue weighted by atomic mass is 10.3. The van der Waals surface area contributed by atoms with Gasteiger partial charge in [0.05, 0.1) is 16.8 Å². The molecule has 0 aromatic carbocycles. The number of carbonyl (C=O) groups is 1. The number of nitrogens with one attached hydrogen (secondary N) is 1. The van der Waals surface area contributed by atoms with Gasteiger partial charge in [-0.1, -0.05) is 11.6 Å². The number of hydrogen-bond acceptors (Lipinski definition) is 5. The SMILES string of the molecule is COC(=O)C1CSC(c2ccc(Cl)s2)N1. The number of halogens is 1. The van der Waals surface area contributed by atoms with Crippen LogP contribution in [0.3, 0.4) is 0 Å². The summed E-state index contributed by atoms with van der Waals surface area (Å²) in [7, 11) is 1.41. The second-order valence-electron chi connectivity index (χ2n) is 3.10. The number of thiophene rings is 1. The molecule has 3 nitrogen and oxygen atoms in total. The Morgan fingerprint density at radius 3 is 3.07 bits per heavy atom. The Bertz CT molecular complexity index is 369. The number of thioether (sulfide) groups is 1. The maximum atomic E-state index is 11.3. The molecule has 2 rings (SSSR count). The molecule has 0 saturated carbocycles. The Morgan fingerprint density at radius 2 is 2.47 bits per heavy atom. The van der Waals surface area contributed by atoms with Crippen LogP contribution in [0.4, 0.5) is 0 Å². The Morgan fingerprint density at radius 1 is 1.67 bits per heavy atom. The zero-order valence-electron chi connectivity index (χ0n) is 8.03. The van der Waals surface area contributed by atoms with Crippen LogP contribution >= 0.6 is 34.7 Å². The highest BCUT2D eigenvalue weighted by Gasteiger charge is 2.31. The van der Waals surface area contributed by atoms with Gasteiger partial charge >= 0.3 is 5.97 Å². The van der Waals surface area contributed by atoms with E-state index in [-0.39, 0.29) is 17.4 Å². The summed E-state index contributed by atoms with van der Waals surface area (Å²) in [5.74, 6) is 0.542. The minimum atomic E-state index is -0.203. The summed E-state index contributed by atoms with van der Waals surface area (Å²) >= 11 is 9.09. The monoisotopic (exact) mass is 263 g/mol. The van der Waals surface area contributed by atoms with Crippen LogP contribution in [0, 0.1) is 0 Å². The predicted octanol–water partition coefficient (Wildman–Crippen LogP) is 2.28. The van der Waals surface area contributed by atoms with Gasteiger partial charge in [0.25, 0.3) is 0 Å². The molecule has 82 valence electrons. The van der Waals surface area contributed by atoms with Gasteiger partial charge in [0.2, 0.25) is 0 Å². The third-order valence-electron chi connectivity index (χ3n) is 2.12. The van der Waals surface area contributed by atoms with Gasteiger partial charge in [-0.25, -0.2) is 0 Å². The lowest BCUT2D eigenvalue weighted by molar-refractivity contribution is -0.142. The van der Waals surface area contributed by atoms with Crippen molar-refractivity contribution in [3.05, 3.63) is 21.3 Å². The Balaban J connectivity index is 2.01. The first-order valence-corrected chi connectivity index (χ1v) is 6.65. The first-order chi connectivity index (χ1) is 7.20. The molecule has 1 aromatic heterocycles. The molecule has 0 aliphatic carbocycles. The molecule has 15 heavy (non-hydrogen) atoms. The standard InChI is InChI=1S/C9H10ClNO2S2/c1-13-9(12)5-4-14-8(11-5)6-2-3-7(10)15-6/h2-3,5,8,11H,4H2,1H3. The Labute approximate surface area is 101 Å². The van der Waals surface area contributed by atoms with Gasteiger partial charge in [-0.3, -0.25) is 10.1 Å². The Hall–Kier alpha value is -0.230. The molecule has 1 saturated heterocycles. The van der Waals surface area contributed by atoms with E-state index in [4.69, 9.17) is 11.6 Å². The van der Waals surface area contributed by atoms with Crippen molar-refractivity contribution in [1.82, 2.24) is 5.32 Å². The van der Waals surface area contributed by atoms with E-state index < -0.39 is 0 Å². The van der Waals surface area contributed by atoms with Gasteiger partial charge in [-0.15, -0.1) is 23.1 Å². The third-order valence-corrected chi connectivity index (χ3v) is 4.81. The average molecular weight is 264 g/mol. The number of esters is 1. The maximum absolute atomic E-state index is 11.3. The zero-order chi connectivity index (χ0) is 10.8. The molecular formula is C9H10ClNO2S2. The number of ether oxygens (including phenoxy) is 1. The quantitative estimate of drug-likeness (QED) is 0.831. The molecule has 0 amide bonds. The first kappa shape index (κ1) is 11.3. The molecule has 1 aromatic rings. The molecule has 0 radical (unpaired) electrons. The molecular weight excluding hydrogens is 254 g/mol. The van der Waals surface area contributed by atoms with Crippen molar-refractivity contribution >= 4 is 40.7 Å². The highest BCUT2D eigenvalue weighted by atomic mass is 35.5. The van der Waals surface area contributed by atoms with E-state index in [2.05, 4.69) is 10.1 Å². The molecule has 1 N–H and O–H groups in total. The van der Waals surface area contributed by atoms with Crippen LogP contribution in [-0.4, -0.2) is 24.9 Å². The first-order valence-electron chi connectivity index (χ1n) is 4.41. The summed E-state index contributed by atoms with van der Waals surface area (Å²) in [5.41, 5.74) is 0. The summed E-state index contributed by atoms with van der Waals surface area (Å²) in [6.07, 6.45) is 0.